The zero-order valence-electron chi connectivity index (χ0n) is 12.9. The van der Waals surface area contributed by atoms with Gasteiger partial charge in [0.05, 0.1) is 12.2 Å². The Hall–Kier alpha value is -0.710. The lowest BCUT2D eigenvalue weighted by atomic mass is 9.93. The summed E-state index contributed by atoms with van der Waals surface area (Å²) in [6, 6.07) is 6.81. The van der Waals surface area contributed by atoms with Gasteiger partial charge in [0.1, 0.15) is 5.75 Å². The number of thioether (sulfide) groups is 1. The van der Waals surface area contributed by atoms with E-state index in [1.165, 1.54) is 11.1 Å². The van der Waals surface area contributed by atoms with E-state index in [2.05, 4.69) is 37.4 Å². The van der Waals surface area contributed by atoms with Gasteiger partial charge in [-0.15, -0.1) is 0 Å². The minimum atomic E-state index is -0.530. The Kier molecular flexibility index (Phi) is 4.48. The molecular weight excluding hydrogens is 282 g/mol. The number of aliphatic hydroxyl groups is 1. The molecule has 21 heavy (non-hydrogen) atoms. The van der Waals surface area contributed by atoms with Gasteiger partial charge < -0.3 is 15.2 Å². The summed E-state index contributed by atoms with van der Waals surface area (Å²) in [5.41, 5.74) is 2.09. The van der Waals surface area contributed by atoms with E-state index in [1.54, 1.807) is 0 Å². The van der Waals surface area contributed by atoms with Gasteiger partial charge in [0.25, 0.3) is 0 Å². The predicted molar refractivity (Wildman–Crippen MR) is 88.1 cm³/mol. The molecule has 1 aromatic rings. The van der Waals surface area contributed by atoms with Crippen molar-refractivity contribution in [1.29, 1.82) is 0 Å². The Balaban J connectivity index is 1.72. The molecule has 0 amide bonds. The third-order valence-electron chi connectivity index (χ3n) is 4.47. The summed E-state index contributed by atoms with van der Waals surface area (Å²) in [6.45, 7) is 5.94. The maximum absolute atomic E-state index is 10.5. The zero-order chi connectivity index (χ0) is 14.9. The van der Waals surface area contributed by atoms with Crippen LogP contribution in [0.25, 0.3) is 0 Å². The van der Waals surface area contributed by atoms with Crippen molar-refractivity contribution in [2.45, 2.75) is 38.3 Å². The van der Waals surface area contributed by atoms with Crippen molar-refractivity contribution in [3.8, 4) is 5.75 Å². The van der Waals surface area contributed by atoms with Crippen LogP contribution < -0.4 is 10.1 Å². The molecule has 2 aliphatic rings. The first-order valence-corrected chi connectivity index (χ1v) is 9.02. The SMILES string of the molecule is CC(C)C(NCC1(O)CCSC1)c1ccc2c(c1)CCO2. The molecule has 1 saturated heterocycles. The van der Waals surface area contributed by atoms with Crippen molar-refractivity contribution in [3.63, 3.8) is 0 Å². The number of ether oxygens (including phenoxy) is 1. The van der Waals surface area contributed by atoms with Crippen molar-refractivity contribution >= 4 is 11.8 Å². The van der Waals surface area contributed by atoms with Crippen LogP contribution >= 0.6 is 11.8 Å². The molecule has 2 unspecified atom stereocenters. The fourth-order valence-electron chi connectivity index (χ4n) is 3.17. The maximum atomic E-state index is 10.5. The summed E-state index contributed by atoms with van der Waals surface area (Å²) >= 11 is 1.85. The summed E-state index contributed by atoms with van der Waals surface area (Å²) in [7, 11) is 0. The fraction of sp³-hybridized carbons (Fsp3) is 0.647. The van der Waals surface area contributed by atoms with Gasteiger partial charge >= 0.3 is 0 Å². The highest BCUT2D eigenvalue weighted by Gasteiger charge is 2.32. The van der Waals surface area contributed by atoms with Crippen LogP contribution in [0.15, 0.2) is 18.2 Å². The van der Waals surface area contributed by atoms with Gasteiger partial charge in [-0.25, -0.2) is 0 Å². The topological polar surface area (TPSA) is 41.5 Å². The van der Waals surface area contributed by atoms with Crippen LogP contribution in [-0.2, 0) is 6.42 Å². The number of hydrogen-bond donors (Lipinski definition) is 2. The van der Waals surface area contributed by atoms with Gasteiger partial charge in [-0.05, 0) is 35.3 Å². The number of fused-ring (bicyclic) bond motifs is 1. The van der Waals surface area contributed by atoms with Crippen LogP contribution in [0.3, 0.4) is 0 Å². The predicted octanol–water partition coefficient (Wildman–Crippen LogP) is 2.78. The van der Waals surface area contributed by atoms with Gasteiger partial charge in [-0.2, -0.15) is 11.8 Å². The number of hydrogen-bond acceptors (Lipinski definition) is 4. The molecule has 1 aromatic carbocycles. The molecule has 0 bridgehead atoms. The molecule has 0 radical (unpaired) electrons. The normalized spacial score (nSPS) is 25.9. The van der Waals surface area contributed by atoms with Crippen LogP contribution in [0.5, 0.6) is 5.75 Å². The lowest BCUT2D eigenvalue weighted by Crippen LogP contribution is -2.43. The Morgan fingerprint density at radius 3 is 3.00 bits per heavy atom. The van der Waals surface area contributed by atoms with Crippen LogP contribution in [0.4, 0.5) is 0 Å². The molecule has 3 nitrogen and oxygen atoms in total. The van der Waals surface area contributed by atoms with E-state index in [0.29, 0.717) is 12.5 Å². The molecule has 116 valence electrons. The summed E-state index contributed by atoms with van der Waals surface area (Å²) < 4.78 is 5.59. The van der Waals surface area contributed by atoms with Crippen LogP contribution in [0.2, 0.25) is 0 Å². The first-order valence-electron chi connectivity index (χ1n) is 7.86. The van der Waals surface area contributed by atoms with Gasteiger partial charge in [-0.3, -0.25) is 0 Å². The van der Waals surface area contributed by atoms with E-state index >= 15 is 0 Å². The number of rotatable bonds is 5. The van der Waals surface area contributed by atoms with Gasteiger partial charge in [0.2, 0.25) is 0 Å². The molecule has 0 aliphatic carbocycles. The van der Waals surface area contributed by atoms with E-state index in [1.807, 2.05) is 11.8 Å². The molecule has 2 heterocycles. The average molecular weight is 307 g/mol. The number of nitrogens with one attached hydrogen (secondary N) is 1. The Morgan fingerprint density at radius 1 is 1.43 bits per heavy atom. The summed E-state index contributed by atoms with van der Waals surface area (Å²) in [6.07, 6.45) is 1.90. The summed E-state index contributed by atoms with van der Waals surface area (Å²) in [5, 5.41) is 14.1. The van der Waals surface area contributed by atoms with Gasteiger partial charge in [0.15, 0.2) is 0 Å². The first kappa shape index (κ1) is 15.2. The Bertz CT molecular complexity index is 498. The minimum Gasteiger partial charge on any atom is -0.493 e. The minimum absolute atomic E-state index is 0.283. The number of benzene rings is 1. The molecule has 4 heteroatoms. The van der Waals surface area contributed by atoms with Crippen LogP contribution in [0.1, 0.15) is 37.4 Å². The summed E-state index contributed by atoms with van der Waals surface area (Å²) in [5.74, 6) is 3.44. The molecule has 3 rings (SSSR count). The second-order valence-corrected chi connectivity index (χ2v) is 7.70. The van der Waals surface area contributed by atoms with Gasteiger partial charge in [0, 0.05) is 24.8 Å². The largest absolute Gasteiger partial charge is 0.493 e. The van der Waals surface area contributed by atoms with Crippen molar-refractivity contribution in [2.24, 2.45) is 5.92 Å². The highest BCUT2D eigenvalue weighted by molar-refractivity contribution is 7.99. The lowest BCUT2D eigenvalue weighted by Gasteiger charge is -2.29. The Labute approximate surface area is 131 Å². The highest BCUT2D eigenvalue weighted by atomic mass is 32.2. The monoisotopic (exact) mass is 307 g/mol. The highest BCUT2D eigenvalue weighted by Crippen LogP contribution is 2.32. The van der Waals surface area contributed by atoms with Crippen molar-refractivity contribution in [2.75, 3.05) is 24.7 Å². The van der Waals surface area contributed by atoms with Crippen LogP contribution in [0, 0.1) is 5.92 Å². The third-order valence-corrected chi connectivity index (χ3v) is 5.71. The molecule has 0 aromatic heterocycles. The van der Waals surface area contributed by atoms with E-state index < -0.39 is 5.60 Å². The molecular formula is C17H25NO2S. The van der Waals surface area contributed by atoms with Gasteiger partial charge in [-0.1, -0.05) is 26.0 Å². The second kappa shape index (κ2) is 6.19. The van der Waals surface area contributed by atoms with Crippen molar-refractivity contribution < 1.29 is 9.84 Å². The summed E-state index contributed by atoms with van der Waals surface area (Å²) in [4.78, 5) is 0. The lowest BCUT2D eigenvalue weighted by molar-refractivity contribution is 0.0626. The second-order valence-electron chi connectivity index (χ2n) is 6.60. The van der Waals surface area contributed by atoms with E-state index in [4.69, 9.17) is 4.74 Å². The smallest absolute Gasteiger partial charge is 0.122 e. The molecule has 0 spiro atoms. The standard InChI is InChI=1S/C17H25NO2S/c1-12(2)16(18-10-17(19)6-8-21-11-17)14-3-4-15-13(9-14)5-7-20-15/h3-4,9,12,16,18-19H,5-8,10-11H2,1-2H3. The first-order chi connectivity index (χ1) is 10.1. The third kappa shape index (κ3) is 3.38. The quantitative estimate of drug-likeness (QED) is 0.878. The fourth-order valence-corrected chi connectivity index (χ4v) is 4.47. The maximum Gasteiger partial charge on any atom is 0.122 e. The Morgan fingerprint density at radius 2 is 2.29 bits per heavy atom. The van der Waals surface area contributed by atoms with Crippen molar-refractivity contribution in [3.05, 3.63) is 29.3 Å². The van der Waals surface area contributed by atoms with Crippen LogP contribution in [-0.4, -0.2) is 35.4 Å². The molecule has 2 N–H and O–H groups in total. The molecule has 0 saturated carbocycles. The van der Waals surface area contributed by atoms with E-state index in [-0.39, 0.29) is 6.04 Å². The van der Waals surface area contributed by atoms with E-state index in [9.17, 15) is 5.11 Å². The van der Waals surface area contributed by atoms with E-state index in [0.717, 1.165) is 36.7 Å². The molecule has 1 fully saturated rings. The average Bonchev–Trinajstić information content (AvgIpc) is 3.07. The molecule has 2 atom stereocenters. The zero-order valence-corrected chi connectivity index (χ0v) is 13.7. The molecule has 2 aliphatic heterocycles. The van der Waals surface area contributed by atoms with Crippen molar-refractivity contribution in [1.82, 2.24) is 5.32 Å².